The van der Waals surface area contributed by atoms with Gasteiger partial charge in [-0.15, -0.1) is 0 Å². The normalized spacial score (nSPS) is 13.4. The van der Waals surface area contributed by atoms with Gasteiger partial charge in [0.25, 0.3) is 0 Å². The zero-order valence-electron chi connectivity index (χ0n) is 10.7. The van der Waals surface area contributed by atoms with Crippen molar-refractivity contribution >= 4 is 25.8 Å². The fraction of sp³-hybridized carbons (Fsp3) is 0.500. The minimum Gasteiger partial charge on any atom is -0.391 e. The number of benzene rings is 1. The highest BCUT2D eigenvalue weighted by Gasteiger charge is 2.19. The molecule has 0 bridgehead atoms. The van der Waals surface area contributed by atoms with Crippen molar-refractivity contribution in [2.24, 2.45) is 0 Å². The largest absolute Gasteiger partial charge is 0.391 e. The van der Waals surface area contributed by atoms with Crippen LogP contribution in [0, 0.1) is 0 Å². The first-order valence-corrected chi connectivity index (χ1v) is 8.26. The van der Waals surface area contributed by atoms with Crippen molar-refractivity contribution in [3.05, 3.63) is 28.7 Å². The summed E-state index contributed by atoms with van der Waals surface area (Å²) in [5, 5.41) is 12.6. The summed E-state index contributed by atoms with van der Waals surface area (Å²) >= 11 is 3.25. The maximum atomic E-state index is 12.0. The lowest BCUT2D eigenvalue weighted by molar-refractivity contribution is 0.174. The fourth-order valence-corrected chi connectivity index (χ4v) is 3.13. The molecule has 1 rings (SSSR count). The number of halogens is 1. The SMILES string of the molecule is COCCNCC(O)CS(=O)(=O)c1ccc(Br)cc1. The van der Waals surface area contributed by atoms with Crippen molar-refractivity contribution in [2.45, 2.75) is 11.0 Å². The molecule has 0 aliphatic carbocycles. The predicted octanol–water partition coefficient (Wildman–Crippen LogP) is 0.820. The average Bonchev–Trinajstić information content (AvgIpc) is 2.34. The average molecular weight is 352 g/mol. The summed E-state index contributed by atoms with van der Waals surface area (Å²) in [5.41, 5.74) is 0. The first-order chi connectivity index (χ1) is 8.95. The van der Waals surface area contributed by atoms with Gasteiger partial charge in [-0.3, -0.25) is 0 Å². The highest BCUT2D eigenvalue weighted by molar-refractivity contribution is 9.10. The molecule has 7 heteroatoms. The number of ether oxygens (including phenoxy) is 1. The van der Waals surface area contributed by atoms with Gasteiger partial charge >= 0.3 is 0 Å². The van der Waals surface area contributed by atoms with Gasteiger partial charge in [-0.05, 0) is 24.3 Å². The van der Waals surface area contributed by atoms with E-state index >= 15 is 0 Å². The molecule has 0 radical (unpaired) electrons. The van der Waals surface area contributed by atoms with Gasteiger partial charge < -0.3 is 15.2 Å². The number of rotatable bonds is 8. The lowest BCUT2D eigenvalue weighted by atomic mass is 10.4. The van der Waals surface area contributed by atoms with E-state index in [0.717, 1.165) is 4.47 Å². The van der Waals surface area contributed by atoms with Crippen LogP contribution >= 0.6 is 15.9 Å². The summed E-state index contributed by atoms with van der Waals surface area (Å²) in [5.74, 6) is -0.297. The summed E-state index contributed by atoms with van der Waals surface area (Å²) in [6.07, 6.45) is -0.939. The second kappa shape index (κ2) is 7.96. The highest BCUT2D eigenvalue weighted by atomic mass is 79.9. The molecule has 0 saturated heterocycles. The third-order valence-corrected chi connectivity index (χ3v) is 4.79. The molecule has 1 atom stereocenters. The van der Waals surface area contributed by atoms with E-state index in [1.807, 2.05) is 0 Å². The molecule has 0 saturated carbocycles. The molecule has 5 nitrogen and oxygen atoms in total. The summed E-state index contributed by atoms with van der Waals surface area (Å²) in [6, 6.07) is 6.36. The number of aliphatic hydroxyl groups is 1. The van der Waals surface area contributed by atoms with Gasteiger partial charge in [0.15, 0.2) is 9.84 Å². The molecule has 0 spiro atoms. The van der Waals surface area contributed by atoms with Crippen molar-refractivity contribution in [1.29, 1.82) is 0 Å². The summed E-state index contributed by atoms with van der Waals surface area (Å²) in [4.78, 5) is 0.214. The lowest BCUT2D eigenvalue weighted by Gasteiger charge is -2.12. The van der Waals surface area contributed by atoms with E-state index < -0.39 is 15.9 Å². The number of hydrogen-bond acceptors (Lipinski definition) is 5. The van der Waals surface area contributed by atoms with Gasteiger partial charge in [0.05, 0.1) is 23.4 Å². The number of aliphatic hydroxyl groups excluding tert-OH is 1. The number of nitrogens with one attached hydrogen (secondary N) is 1. The molecule has 0 heterocycles. The molecular weight excluding hydrogens is 334 g/mol. The first-order valence-electron chi connectivity index (χ1n) is 5.82. The molecule has 0 fully saturated rings. The Labute approximate surface area is 122 Å². The zero-order chi connectivity index (χ0) is 14.3. The summed E-state index contributed by atoms with van der Waals surface area (Å²) in [6.45, 7) is 1.32. The second-order valence-electron chi connectivity index (χ2n) is 4.09. The molecule has 1 unspecified atom stereocenters. The summed E-state index contributed by atoms with van der Waals surface area (Å²) in [7, 11) is -1.88. The Bertz CT molecular complexity index is 475. The van der Waals surface area contributed by atoms with Crippen LogP contribution < -0.4 is 5.32 Å². The maximum absolute atomic E-state index is 12.0. The second-order valence-corrected chi connectivity index (χ2v) is 7.04. The molecular formula is C12H18BrNO4S. The van der Waals surface area contributed by atoms with Crippen LogP contribution in [0.4, 0.5) is 0 Å². The third-order valence-electron chi connectivity index (χ3n) is 2.45. The molecule has 2 N–H and O–H groups in total. The standard InChI is InChI=1S/C12H18BrNO4S/c1-18-7-6-14-8-11(15)9-19(16,17)12-4-2-10(13)3-5-12/h2-5,11,14-15H,6-9H2,1H3. The van der Waals surface area contributed by atoms with E-state index in [4.69, 9.17) is 4.74 Å². The van der Waals surface area contributed by atoms with Crippen molar-refractivity contribution in [3.63, 3.8) is 0 Å². The lowest BCUT2D eigenvalue weighted by Crippen LogP contribution is -2.34. The first kappa shape index (κ1) is 16.6. The Morgan fingerprint density at radius 2 is 2.00 bits per heavy atom. The zero-order valence-corrected chi connectivity index (χ0v) is 13.1. The van der Waals surface area contributed by atoms with Gasteiger partial charge in [0.1, 0.15) is 0 Å². The van der Waals surface area contributed by atoms with Gasteiger partial charge in [-0.1, -0.05) is 15.9 Å². The minimum atomic E-state index is -3.46. The molecule has 108 valence electrons. The number of methoxy groups -OCH3 is 1. The van der Waals surface area contributed by atoms with Gasteiger partial charge in [0.2, 0.25) is 0 Å². The molecule has 1 aromatic carbocycles. The van der Waals surface area contributed by atoms with E-state index in [1.165, 1.54) is 12.1 Å². The predicted molar refractivity (Wildman–Crippen MR) is 76.9 cm³/mol. The Balaban J connectivity index is 2.52. The topological polar surface area (TPSA) is 75.6 Å². The van der Waals surface area contributed by atoms with Crippen LogP contribution in [0.1, 0.15) is 0 Å². The van der Waals surface area contributed by atoms with Crippen LogP contribution in [-0.4, -0.2) is 52.2 Å². The van der Waals surface area contributed by atoms with Gasteiger partial charge in [-0.25, -0.2) is 8.42 Å². The third kappa shape index (κ3) is 6.01. The van der Waals surface area contributed by atoms with E-state index in [-0.39, 0.29) is 17.2 Å². The van der Waals surface area contributed by atoms with Crippen LogP contribution in [0.25, 0.3) is 0 Å². The molecule has 0 aromatic heterocycles. The minimum absolute atomic E-state index is 0.214. The maximum Gasteiger partial charge on any atom is 0.180 e. The molecule has 0 amide bonds. The highest BCUT2D eigenvalue weighted by Crippen LogP contribution is 2.16. The van der Waals surface area contributed by atoms with Crippen LogP contribution in [0.5, 0.6) is 0 Å². The van der Waals surface area contributed by atoms with Crippen LogP contribution in [0.15, 0.2) is 33.6 Å². The van der Waals surface area contributed by atoms with Crippen molar-refractivity contribution in [1.82, 2.24) is 5.32 Å². The summed E-state index contributed by atoms with van der Waals surface area (Å²) < 4.78 is 29.7. The molecule has 0 aliphatic heterocycles. The van der Waals surface area contributed by atoms with Crippen molar-refractivity contribution in [3.8, 4) is 0 Å². The van der Waals surface area contributed by atoms with Gasteiger partial charge in [0, 0.05) is 24.7 Å². The van der Waals surface area contributed by atoms with Crippen LogP contribution in [-0.2, 0) is 14.6 Å². The van der Waals surface area contributed by atoms with Gasteiger partial charge in [-0.2, -0.15) is 0 Å². The number of sulfone groups is 1. The van der Waals surface area contributed by atoms with E-state index in [0.29, 0.717) is 13.2 Å². The van der Waals surface area contributed by atoms with E-state index in [1.54, 1.807) is 19.2 Å². The smallest absolute Gasteiger partial charge is 0.180 e. The van der Waals surface area contributed by atoms with Crippen molar-refractivity contribution in [2.75, 3.05) is 32.6 Å². The fourth-order valence-electron chi connectivity index (χ4n) is 1.49. The Morgan fingerprint density at radius 3 is 2.58 bits per heavy atom. The van der Waals surface area contributed by atoms with E-state index in [9.17, 15) is 13.5 Å². The monoisotopic (exact) mass is 351 g/mol. The Morgan fingerprint density at radius 1 is 1.37 bits per heavy atom. The Kier molecular flexibility index (Phi) is 6.95. The molecule has 0 aliphatic rings. The quantitative estimate of drug-likeness (QED) is 0.678. The van der Waals surface area contributed by atoms with Crippen molar-refractivity contribution < 1.29 is 18.3 Å². The van der Waals surface area contributed by atoms with Crippen LogP contribution in [0.3, 0.4) is 0 Å². The van der Waals surface area contributed by atoms with E-state index in [2.05, 4.69) is 21.2 Å². The number of hydrogen-bond donors (Lipinski definition) is 2. The molecule has 19 heavy (non-hydrogen) atoms. The Hall–Kier alpha value is -0.470. The molecule has 1 aromatic rings. The van der Waals surface area contributed by atoms with Crippen LogP contribution in [0.2, 0.25) is 0 Å².